The van der Waals surface area contributed by atoms with Crippen molar-refractivity contribution in [3.05, 3.63) is 54.3 Å². The minimum atomic E-state index is -3.89. The molecule has 1 amide bonds. The highest BCUT2D eigenvalue weighted by molar-refractivity contribution is 7.89. The first kappa shape index (κ1) is 16.9. The van der Waals surface area contributed by atoms with E-state index in [0.717, 1.165) is 28.6 Å². The summed E-state index contributed by atoms with van der Waals surface area (Å²) in [6, 6.07) is 10.2. The average Bonchev–Trinajstić information content (AvgIpc) is 2.47. The number of amides is 1. The number of benzene rings is 2. The molecule has 2 aromatic rings. The number of nitrogens with zero attached hydrogens (tertiary/aromatic N) is 1. The van der Waals surface area contributed by atoms with E-state index in [1.165, 1.54) is 19.2 Å². The van der Waals surface area contributed by atoms with Crippen LogP contribution in [0, 0.1) is 5.82 Å². The van der Waals surface area contributed by atoms with Gasteiger partial charge in [0, 0.05) is 18.8 Å². The normalized spacial score (nSPS) is 11.4. The van der Waals surface area contributed by atoms with Crippen LogP contribution in [0.25, 0.3) is 0 Å². The van der Waals surface area contributed by atoms with Crippen LogP contribution in [0.3, 0.4) is 0 Å². The molecule has 2 N–H and O–H groups in total. The molecule has 0 heterocycles. The molecular formula is C15H15FN2O4S. The molecule has 0 radical (unpaired) electrons. The van der Waals surface area contributed by atoms with Crippen LogP contribution in [0.2, 0.25) is 0 Å². The smallest absolute Gasteiger partial charge is 0.243 e. The number of phenolic OH excluding ortho intramolecular Hbond substituents is 1. The second-order valence-electron chi connectivity index (χ2n) is 4.81. The Labute approximate surface area is 133 Å². The summed E-state index contributed by atoms with van der Waals surface area (Å²) in [5.41, 5.74) is 0.350. The standard InChI is InChI=1S/C15H15FN2O4S/c1-18(23(21,22)14-7-5-11(16)6-8-14)10-15(20)17-12-3-2-4-13(19)9-12/h2-9,19H,10H2,1H3,(H,17,20). The minimum absolute atomic E-state index is 0.0184. The highest BCUT2D eigenvalue weighted by Crippen LogP contribution is 2.17. The Bertz CT molecular complexity index is 806. The van der Waals surface area contributed by atoms with Crippen molar-refractivity contribution in [1.82, 2.24) is 4.31 Å². The van der Waals surface area contributed by atoms with Gasteiger partial charge in [0.2, 0.25) is 15.9 Å². The molecule has 0 bridgehead atoms. The van der Waals surface area contributed by atoms with Crippen LogP contribution in [0.15, 0.2) is 53.4 Å². The molecule has 0 spiro atoms. The van der Waals surface area contributed by atoms with Crippen LogP contribution in [-0.4, -0.2) is 37.3 Å². The molecule has 122 valence electrons. The molecule has 2 aromatic carbocycles. The number of sulfonamides is 1. The van der Waals surface area contributed by atoms with Gasteiger partial charge in [0.05, 0.1) is 11.4 Å². The zero-order valence-electron chi connectivity index (χ0n) is 12.2. The van der Waals surface area contributed by atoms with Crippen molar-refractivity contribution in [3.8, 4) is 5.75 Å². The van der Waals surface area contributed by atoms with Gasteiger partial charge >= 0.3 is 0 Å². The van der Waals surface area contributed by atoms with E-state index in [-0.39, 0.29) is 10.6 Å². The third-order valence-electron chi connectivity index (χ3n) is 3.02. The van der Waals surface area contributed by atoms with Crippen LogP contribution >= 0.6 is 0 Å². The second-order valence-corrected chi connectivity index (χ2v) is 6.86. The van der Waals surface area contributed by atoms with Crippen molar-refractivity contribution in [2.24, 2.45) is 0 Å². The molecule has 23 heavy (non-hydrogen) atoms. The molecule has 0 aliphatic rings. The number of halogens is 1. The maximum Gasteiger partial charge on any atom is 0.243 e. The Hall–Kier alpha value is -2.45. The first-order chi connectivity index (χ1) is 10.8. The molecule has 2 rings (SSSR count). The van der Waals surface area contributed by atoms with Gasteiger partial charge in [-0.2, -0.15) is 4.31 Å². The zero-order chi connectivity index (χ0) is 17.0. The summed E-state index contributed by atoms with van der Waals surface area (Å²) >= 11 is 0. The highest BCUT2D eigenvalue weighted by Gasteiger charge is 2.23. The maximum atomic E-state index is 12.9. The Morgan fingerprint density at radius 3 is 2.48 bits per heavy atom. The molecule has 0 saturated carbocycles. The number of nitrogens with one attached hydrogen (secondary N) is 1. The van der Waals surface area contributed by atoms with E-state index in [0.29, 0.717) is 5.69 Å². The van der Waals surface area contributed by atoms with Crippen LogP contribution in [0.1, 0.15) is 0 Å². The number of hydrogen-bond acceptors (Lipinski definition) is 4. The van der Waals surface area contributed by atoms with E-state index in [1.807, 2.05) is 0 Å². The van der Waals surface area contributed by atoms with Crippen LogP contribution in [0.4, 0.5) is 10.1 Å². The summed E-state index contributed by atoms with van der Waals surface area (Å²) in [6.45, 7) is -0.421. The second kappa shape index (κ2) is 6.76. The Kier molecular flexibility index (Phi) is 4.97. The molecule has 0 aliphatic heterocycles. The van der Waals surface area contributed by atoms with Crippen LogP contribution < -0.4 is 5.32 Å². The van der Waals surface area contributed by atoms with Crippen molar-refractivity contribution in [2.75, 3.05) is 18.9 Å². The minimum Gasteiger partial charge on any atom is -0.508 e. The number of rotatable bonds is 5. The lowest BCUT2D eigenvalue weighted by Gasteiger charge is -2.17. The predicted molar refractivity (Wildman–Crippen MR) is 83.0 cm³/mol. The number of likely N-dealkylation sites (N-methyl/N-ethyl adjacent to an activating group) is 1. The van der Waals surface area contributed by atoms with Gasteiger partial charge in [-0.15, -0.1) is 0 Å². The van der Waals surface area contributed by atoms with Crippen molar-refractivity contribution >= 4 is 21.6 Å². The lowest BCUT2D eigenvalue weighted by molar-refractivity contribution is -0.116. The monoisotopic (exact) mass is 338 g/mol. The van der Waals surface area contributed by atoms with Crippen LogP contribution in [-0.2, 0) is 14.8 Å². The SMILES string of the molecule is CN(CC(=O)Nc1cccc(O)c1)S(=O)(=O)c1ccc(F)cc1. The van der Waals surface area contributed by atoms with Gasteiger partial charge in [-0.25, -0.2) is 12.8 Å². The highest BCUT2D eigenvalue weighted by atomic mass is 32.2. The molecular weight excluding hydrogens is 323 g/mol. The Morgan fingerprint density at radius 2 is 1.87 bits per heavy atom. The lowest BCUT2D eigenvalue weighted by Crippen LogP contribution is -2.34. The number of hydrogen-bond donors (Lipinski definition) is 2. The summed E-state index contributed by atoms with van der Waals surface area (Å²) in [5, 5.41) is 11.8. The molecule has 0 aliphatic carbocycles. The van der Waals surface area contributed by atoms with Gasteiger partial charge in [-0.3, -0.25) is 4.79 Å². The van der Waals surface area contributed by atoms with Crippen LogP contribution in [0.5, 0.6) is 5.75 Å². The first-order valence-corrected chi connectivity index (χ1v) is 8.04. The molecule has 0 aromatic heterocycles. The number of phenols is 1. The fourth-order valence-corrected chi connectivity index (χ4v) is 2.99. The molecule has 0 unspecified atom stereocenters. The Morgan fingerprint density at radius 1 is 1.22 bits per heavy atom. The lowest BCUT2D eigenvalue weighted by atomic mass is 10.3. The van der Waals surface area contributed by atoms with Gasteiger partial charge in [-0.05, 0) is 36.4 Å². The van der Waals surface area contributed by atoms with Crippen molar-refractivity contribution in [3.63, 3.8) is 0 Å². The zero-order valence-corrected chi connectivity index (χ0v) is 13.0. The number of anilines is 1. The molecule has 0 atom stereocenters. The summed E-state index contributed by atoms with van der Waals surface area (Å²) in [4.78, 5) is 11.8. The summed E-state index contributed by atoms with van der Waals surface area (Å²) in [7, 11) is -2.64. The van der Waals surface area contributed by atoms with Gasteiger partial charge in [0.15, 0.2) is 0 Å². The maximum absolute atomic E-state index is 12.9. The summed E-state index contributed by atoms with van der Waals surface area (Å²) < 4.78 is 38.3. The topological polar surface area (TPSA) is 86.7 Å². The number of carbonyl (C=O) groups is 1. The van der Waals surface area contributed by atoms with Gasteiger partial charge in [0.1, 0.15) is 11.6 Å². The molecule has 0 saturated heterocycles. The molecule has 8 heteroatoms. The van der Waals surface area contributed by atoms with Crippen molar-refractivity contribution < 1.29 is 22.7 Å². The molecule has 6 nitrogen and oxygen atoms in total. The first-order valence-electron chi connectivity index (χ1n) is 6.60. The quantitative estimate of drug-likeness (QED) is 0.870. The van der Waals surface area contributed by atoms with Gasteiger partial charge in [0.25, 0.3) is 0 Å². The van der Waals surface area contributed by atoms with E-state index in [4.69, 9.17) is 0 Å². The van der Waals surface area contributed by atoms with E-state index in [1.54, 1.807) is 12.1 Å². The predicted octanol–water partition coefficient (Wildman–Crippen LogP) is 1.79. The van der Waals surface area contributed by atoms with Crippen molar-refractivity contribution in [1.29, 1.82) is 0 Å². The van der Waals surface area contributed by atoms with E-state index >= 15 is 0 Å². The van der Waals surface area contributed by atoms with Crippen molar-refractivity contribution in [2.45, 2.75) is 4.90 Å². The number of carbonyl (C=O) groups excluding carboxylic acids is 1. The van der Waals surface area contributed by atoms with E-state index in [9.17, 15) is 22.7 Å². The third kappa shape index (κ3) is 4.27. The van der Waals surface area contributed by atoms with E-state index in [2.05, 4.69) is 5.32 Å². The van der Waals surface area contributed by atoms with Gasteiger partial charge in [-0.1, -0.05) is 6.07 Å². The molecule has 0 fully saturated rings. The summed E-state index contributed by atoms with van der Waals surface area (Å²) in [6.07, 6.45) is 0. The fraction of sp³-hybridized carbons (Fsp3) is 0.133. The van der Waals surface area contributed by atoms with Gasteiger partial charge < -0.3 is 10.4 Å². The van der Waals surface area contributed by atoms with E-state index < -0.39 is 28.3 Å². The number of aromatic hydroxyl groups is 1. The Balaban J connectivity index is 2.06. The third-order valence-corrected chi connectivity index (χ3v) is 4.84. The fourth-order valence-electron chi connectivity index (χ4n) is 1.86. The summed E-state index contributed by atoms with van der Waals surface area (Å²) in [5.74, 6) is -1.13. The largest absolute Gasteiger partial charge is 0.508 e. The average molecular weight is 338 g/mol.